The third-order valence-corrected chi connectivity index (χ3v) is 6.47. The highest BCUT2D eigenvalue weighted by Gasteiger charge is 2.34. The SMILES string of the molecule is CCOC(=O)c1c(C)[nH]c(C(=O)N2CCC([C@H](C)C(=O)N3CCCC3)CC2)c1C. The van der Waals surface area contributed by atoms with Gasteiger partial charge in [-0.25, -0.2) is 4.79 Å². The predicted molar refractivity (Wildman–Crippen MR) is 110 cm³/mol. The van der Waals surface area contributed by atoms with Crippen molar-refractivity contribution < 1.29 is 19.1 Å². The number of nitrogens with one attached hydrogen (secondary N) is 1. The van der Waals surface area contributed by atoms with Crippen molar-refractivity contribution in [1.82, 2.24) is 14.8 Å². The second-order valence-corrected chi connectivity index (χ2v) is 8.30. The molecule has 0 unspecified atom stereocenters. The van der Waals surface area contributed by atoms with E-state index < -0.39 is 5.97 Å². The molecular formula is C22H33N3O4. The minimum absolute atomic E-state index is 0.00948. The molecular weight excluding hydrogens is 370 g/mol. The van der Waals surface area contributed by atoms with Crippen LogP contribution in [0.5, 0.6) is 0 Å². The average molecular weight is 404 g/mol. The van der Waals surface area contributed by atoms with Crippen LogP contribution in [-0.4, -0.2) is 65.4 Å². The van der Waals surface area contributed by atoms with Crippen LogP contribution in [0.15, 0.2) is 0 Å². The van der Waals surface area contributed by atoms with Crippen LogP contribution in [0, 0.1) is 25.7 Å². The fourth-order valence-corrected chi connectivity index (χ4v) is 4.66. The summed E-state index contributed by atoms with van der Waals surface area (Å²) in [6.07, 6.45) is 3.87. The summed E-state index contributed by atoms with van der Waals surface area (Å²) in [5.41, 5.74) is 2.22. The molecule has 1 atom stereocenters. The van der Waals surface area contributed by atoms with E-state index in [-0.39, 0.29) is 17.7 Å². The standard InChI is InChI=1S/C22H33N3O4/c1-5-29-22(28)18-15(3)19(23-16(18)4)21(27)25-12-8-17(9-13-25)14(2)20(26)24-10-6-7-11-24/h14,17,23H,5-13H2,1-4H3/t14-/m0/s1. The zero-order valence-corrected chi connectivity index (χ0v) is 18.0. The average Bonchev–Trinajstić information content (AvgIpc) is 3.35. The van der Waals surface area contributed by atoms with Gasteiger partial charge in [0, 0.05) is 37.8 Å². The number of ether oxygens (including phenoxy) is 1. The topological polar surface area (TPSA) is 82.7 Å². The molecule has 29 heavy (non-hydrogen) atoms. The largest absolute Gasteiger partial charge is 0.462 e. The van der Waals surface area contributed by atoms with Gasteiger partial charge in [-0.15, -0.1) is 0 Å². The number of rotatable bonds is 5. The number of carbonyl (C=O) groups is 3. The Bertz CT molecular complexity index is 771. The molecule has 7 heteroatoms. The highest BCUT2D eigenvalue weighted by atomic mass is 16.5. The summed E-state index contributed by atoms with van der Waals surface area (Å²) in [6, 6.07) is 0. The van der Waals surface area contributed by atoms with Crippen molar-refractivity contribution in [2.24, 2.45) is 11.8 Å². The van der Waals surface area contributed by atoms with Crippen LogP contribution in [0.3, 0.4) is 0 Å². The smallest absolute Gasteiger partial charge is 0.340 e. The second-order valence-electron chi connectivity index (χ2n) is 8.30. The van der Waals surface area contributed by atoms with Crippen LogP contribution in [0.25, 0.3) is 0 Å². The van der Waals surface area contributed by atoms with Crippen molar-refractivity contribution >= 4 is 17.8 Å². The molecule has 1 aromatic rings. The lowest BCUT2D eigenvalue weighted by atomic mass is 9.84. The van der Waals surface area contributed by atoms with Crippen molar-refractivity contribution in [3.63, 3.8) is 0 Å². The Morgan fingerprint density at radius 2 is 1.69 bits per heavy atom. The Morgan fingerprint density at radius 1 is 1.07 bits per heavy atom. The number of amides is 2. The minimum atomic E-state index is -0.397. The lowest BCUT2D eigenvalue weighted by Crippen LogP contribution is -2.43. The summed E-state index contributed by atoms with van der Waals surface area (Å²) in [5, 5.41) is 0. The molecule has 2 amide bonds. The first-order valence-corrected chi connectivity index (χ1v) is 10.8. The minimum Gasteiger partial charge on any atom is -0.462 e. The number of hydrogen-bond donors (Lipinski definition) is 1. The summed E-state index contributed by atoms with van der Waals surface area (Å²) in [7, 11) is 0. The van der Waals surface area contributed by atoms with E-state index in [0.717, 1.165) is 38.8 Å². The molecule has 2 saturated heterocycles. The second kappa shape index (κ2) is 9.01. The highest BCUT2D eigenvalue weighted by Crippen LogP contribution is 2.29. The molecule has 0 saturated carbocycles. The number of aromatic amines is 1. The molecule has 0 radical (unpaired) electrons. The number of esters is 1. The van der Waals surface area contributed by atoms with Gasteiger partial charge < -0.3 is 19.5 Å². The predicted octanol–water partition coefficient (Wildman–Crippen LogP) is 2.92. The van der Waals surface area contributed by atoms with Gasteiger partial charge in [0.05, 0.1) is 12.2 Å². The van der Waals surface area contributed by atoms with Crippen molar-refractivity contribution in [2.75, 3.05) is 32.8 Å². The summed E-state index contributed by atoms with van der Waals surface area (Å²) in [6.45, 7) is 10.7. The summed E-state index contributed by atoms with van der Waals surface area (Å²) < 4.78 is 5.11. The van der Waals surface area contributed by atoms with Crippen LogP contribution in [0.2, 0.25) is 0 Å². The van der Waals surface area contributed by atoms with Gasteiger partial charge in [-0.1, -0.05) is 6.92 Å². The number of likely N-dealkylation sites (tertiary alicyclic amines) is 2. The fraction of sp³-hybridized carbons (Fsp3) is 0.682. The van der Waals surface area contributed by atoms with E-state index in [1.54, 1.807) is 20.8 Å². The molecule has 1 N–H and O–H groups in total. The van der Waals surface area contributed by atoms with Gasteiger partial charge in [0.15, 0.2) is 0 Å². The van der Waals surface area contributed by atoms with Crippen LogP contribution >= 0.6 is 0 Å². The maximum Gasteiger partial charge on any atom is 0.340 e. The molecule has 0 spiro atoms. The number of piperidine rings is 1. The maximum atomic E-state index is 13.1. The van der Waals surface area contributed by atoms with Crippen molar-refractivity contribution in [3.8, 4) is 0 Å². The summed E-state index contributed by atoms with van der Waals surface area (Å²) >= 11 is 0. The van der Waals surface area contributed by atoms with E-state index in [0.29, 0.717) is 48.1 Å². The maximum absolute atomic E-state index is 13.1. The first-order chi connectivity index (χ1) is 13.8. The number of aromatic nitrogens is 1. The highest BCUT2D eigenvalue weighted by molar-refractivity contribution is 6.00. The molecule has 0 bridgehead atoms. The van der Waals surface area contributed by atoms with Crippen molar-refractivity contribution in [3.05, 3.63) is 22.5 Å². The van der Waals surface area contributed by atoms with Crippen LogP contribution in [0.4, 0.5) is 0 Å². The van der Waals surface area contributed by atoms with Crippen LogP contribution < -0.4 is 0 Å². The monoisotopic (exact) mass is 403 g/mol. The Kier molecular flexibility index (Phi) is 6.65. The molecule has 0 aromatic carbocycles. The lowest BCUT2D eigenvalue weighted by Gasteiger charge is -2.35. The Morgan fingerprint density at radius 3 is 2.28 bits per heavy atom. The molecule has 2 aliphatic rings. The normalized spacial score (nSPS) is 18.8. The van der Waals surface area contributed by atoms with E-state index in [1.807, 2.05) is 16.7 Å². The van der Waals surface area contributed by atoms with E-state index in [9.17, 15) is 14.4 Å². The van der Waals surface area contributed by atoms with Crippen LogP contribution in [-0.2, 0) is 9.53 Å². The molecule has 1 aromatic heterocycles. The van der Waals surface area contributed by atoms with Gasteiger partial charge in [-0.05, 0) is 57.9 Å². The number of aryl methyl sites for hydroxylation is 1. The van der Waals surface area contributed by atoms with Gasteiger partial charge in [0.1, 0.15) is 5.69 Å². The third-order valence-electron chi connectivity index (χ3n) is 6.47. The van der Waals surface area contributed by atoms with Crippen LogP contribution in [0.1, 0.15) is 71.6 Å². The van der Waals surface area contributed by atoms with Gasteiger partial charge in [-0.3, -0.25) is 9.59 Å². The molecule has 160 valence electrons. The van der Waals surface area contributed by atoms with Gasteiger partial charge in [0.2, 0.25) is 5.91 Å². The number of hydrogen-bond acceptors (Lipinski definition) is 4. The van der Waals surface area contributed by atoms with Gasteiger partial charge in [0.25, 0.3) is 5.91 Å². The number of nitrogens with zero attached hydrogens (tertiary/aromatic N) is 2. The lowest BCUT2D eigenvalue weighted by molar-refractivity contribution is -0.136. The number of carbonyl (C=O) groups excluding carboxylic acids is 3. The summed E-state index contributed by atoms with van der Waals surface area (Å²) in [4.78, 5) is 44.8. The van der Waals surface area contributed by atoms with Crippen molar-refractivity contribution in [1.29, 1.82) is 0 Å². The molecule has 0 aliphatic carbocycles. The molecule has 2 aliphatic heterocycles. The first kappa shape index (κ1) is 21.4. The van der Waals surface area contributed by atoms with E-state index >= 15 is 0 Å². The van der Waals surface area contributed by atoms with E-state index in [1.165, 1.54) is 0 Å². The summed E-state index contributed by atoms with van der Waals surface area (Å²) in [5.74, 6) is 0.107. The molecule has 7 nitrogen and oxygen atoms in total. The van der Waals surface area contributed by atoms with Crippen molar-refractivity contribution in [2.45, 2.75) is 53.4 Å². The fourth-order valence-electron chi connectivity index (χ4n) is 4.66. The Labute approximate surface area is 172 Å². The van der Waals surface area contributed by atoms with E-state index in [2.05, 4.69) is 4.98 Å². The van der Waals surface area contributed by atoms with Gasteiger partial charge in [-0.2, -0.15) is 0 Å². The zero-order valence-electron chi connectivity index (χ0n) is 18.0. The molecule has 3 rings (SSSR count). The third kappa shape index (κ3) is 4.33. The quantitative estimate of drug-likeness (QED) is 0.767. The first-order valence-electron chi connectivity index (χ1n) is 10.8. The van der Waals surface area contributed by atoms with Gasteiger partial charge >= 0.3 is 5.97 Å². The Hall–Kier alpha value is -2.31. The zero-order chi connectivity index (χ0) is 21.1. The molecule has 2 fully saturated rings. The number of H-pyrrole nitrogens is 1. The molecule has 3 heterocycles. The van der Waals surface area contributed by atoms with E-state index in [4.69, 9.17) is 4.74 Å². The Balaban J connectivity index is 1.62.